The summed E-state index contributed by atoms with van der Waals surface area (Å²) in [7, 11) is 0. The van der Waals surface area contributed by atoms with Crippen LogP contribution < -0.4 is 5.32 Å². The predicted octanol–water partition coefficient (Wildman–Crippen LogP) is 4.65. The van der Waals surface area contributed by atoms with Crippen LogP contribution in [0, 0.1) is 12.7 Å². The monoisotopic (exact) mass is 434 g/mol. The Morgan fingerprint density at radius 1 is 1.10 bits per heavy atom. The molecule has 8 heteroatoms. The number of aryl methyl sites for hydroxylation is 1. The van der Waals surface area contributed by atoms with Crippen molar-refractivity contribution in [1.82, 2.24) is 20.4 Å². The fourth-order valence-electron chi connectivity index (χ4n) is 2.81. The van der Waals surface area contributed by atoms with Crippen molar-refractivity contribution in [2.24, 2.45) is 0 Å². The Balaban J connectivity index is 1.41. The number of hydrogen-bond acceptors (Lipinski definition) is 6. The van der Waals surface area contributed by atoms with Crippen molar-refractivity contribution in [2.45, 2.75) is 18.5 Å². The van der Waals surface area contributed by atoms with Crippen LogP contribution in [0.4, 0.5) is 4.39 Å². The van der Waals surface area contributed by atoms with Gasteiger partial charge in [0.05, 0.1) is 11.3 Å². The van der Waals surface area contributed by atoms with E-state index in [1.807, 2.05) is 37.3 Å². The lowest BCUT2D eigenvalue weighted by Crippen LogP contribution is -2.24. The van der Waals surface area contributed by atoms with E-state index in [9.17, 15) is 9.18 Å². The highest BCUT2D eigenvalue weighted by atomic mass is 32.2. The zero-order valence-corrected chi connectivity index (χ0v) is 17.5. The highest BCUT2D eigenvalue weighted by Crippen LogP contribution is 2.29. The van der Waals surface area contributed by atoms with Crippen LogP contribution in [0.25, 0.3) is 22.8 Å². The van der Waals surface area contributed by atoms with Crippen LogP contribution in [0.15, 0.2) is 76.4 Å². The quantitative estimate of drug-likeness (QED) is 0.426. The summed E-state index contributed by atoms with van der Waals surface area (Å²) in [4.78, 5) is 21.0. The zero-order valence-electron chi connectivity index (χ0n) is 16.7. The molecule has 4 rings (SSSR count). The molecule has 2 heterocycles. The second-order valence-corrected chi connectivity index (χ2v) is 7.80. The van der Waals surface area contributed by atoms with Gasteiger partial charge in [-0.3, -0.25) is 4.79 Å². The molecule has 0 fully saturated rings. The molecule has 0 unspecified atom stereocenters. The molecule has 0 saturated carbocycles. The van der Waals surface area contributed by atoms with Gasteiger partial charge in [-0.25, -0.2) is 9.37 Å². The zero-order chi connectivity index (χ0) is 21.6. The van der Waals surface area contributed by atoms with Gasteiger partial charge in [0.15, 0.2) is 0 Å². The Kier molecular flexibility index (Phi) is 6.37. The molecule has 1 amide bonds. The number of nitrogens with zero attached hydrogens (tertiary/aromatic N) is 3. The molecule has 0 saturated heterocycles. The number of rotatable bonds is 7. The molecule has 156 valence electrons. The minimum Gasteiger partial charge on any atom is -0.351 e. The maximum Gasteiger partial charge on any atom is 0.260 e. The van der Waals surface area contributed by atoms with E-state index in [2.05, 4.69) is 20.4 Å². The first-order valence-corrected chi connectivity index (χ1v) is 10.6. The van der Waals surface area contributed by atoms with E-state index < -0.39 is 0 Å². The third kappa shape index (κ3) is 5.35. The van der Waals surface area contributed by atoms with Crippen molar-refractivity contribution in [3.05, 3.63) is 83.8 Å². The van der Waals surface area contributed by atoms with Crippen LogP contribution in [0.2, 0.25) is 0 Å². The molecule has 0 aliphatic rings. The first-order valence-electron chi connectivity index (χ1n) is 9.58. The maximum absolute atomic E-state index is 13.1. The molecule has 0 radical (unpaired) electrons. The molecule has 0 spiro atoms. The van der Waals surface area contributed by atoms with Gasteiger partial charge >= 0.3 is 0 Å². The maximum atomic E-state index is 13.1. The van der Waals surface area contributed by atoms with Crippen molar-refractivity contribution in [2.75, 3.05) is 5.75 Å². The second kappa shape index (κ2) is 9.53. The molecule has 0 aliphatic carbocycles. The van der Waals surface area contributed by atoms with Gasteiger partial charge in [0.2, 0.25) is 11.7 Å². The summed E-state index contributed by atoms with van der Waals surface area (Å²) in [5.41, 5.74) is 3.50. The number of nitrogens with one attached hydrogen (secondary N) is 1. The van der Waals surface area contributed by atoms with Crippen LogP contribution in [-0.4, -0.2) is 26.8 Å². The summed E-state index contributed by atoms with van der Waals surface area (Å²) in [5.74, 6) is 0.411. The first kappa shape index (κ1) is 20.7. The number of hydrogen-bond donors (Lipinski definition) is 1. The third-order valence-corrected chi connectivity index (χ3v) is 5.49. The van der Waals surface area contributed by atoms with Gasteiger partial charge in [0.25, 0.3) is 5.89 Å². The lowest BCUT2D eigenvalue weighted by Gasteiger charge is -2.07. The number of pyridine rings is 1. The van der Waals surface area contributed by atoms with E-state index in [0.717, 1.165) is 5.56 Å². The minimum absolute atomic E-state index is 0.0975. The Morgan fingerprint density at radius 3 is 2.65 bits per heavy atom. The minimum atomic E-state index is -0.334. The van der Waals surface area contributed by atoms with E-state index in [0.29, 0.717) is 28.5 Å². The first-order chi connectivity index (χ1) is 15.1. The molecule has 2 aromatic carbocycles. The SMILES string of the molecule is Cc1ccc(CNC(=O)CSc2ncccc2-c2nc(-c3ccc(F)cc3)no2)cc1. The van der Waals surface area contributed by atoms with Gasteiger partial charge in [-0.1, -0.05) is 46.7 Å². The van der Waals surface area contributed by atoms with Crippen molar-refractivity contribution in [1.29, 1.82) is 0 Å². The largest absolute Gasteiger partial charge is 0.351 e. The van der Waals surface area contributed by atoms with Gasteiger partial charge in [0, 0.05) is 18.3 Å². The Labute approximate surface area is 182 Å². The van der Waals surface area contributed by atoms with Crippen LogP contribution in [0.5, 0.6) is 0 Å². The highest BCUT2D eigenvalue weighted by Gasteiger charge is 2.16. The van der Waals surface area contributed by atoms with Gasteiger partial charge in [-0.15, -0.1) is 0 Å². The standard InChI is InChI=1S/C23H19FN4O2S/c1-15-4-6-16(7-5-15)13-26-20(29)14-31-23-19(3-2-12-25-23)22-27-21(28-30-22)17-8-10-18(24)11-9-17/h2-12H,13-14H2,1H3,(H,26,29). The number of thioether (sulfide) groups is 1. The Bertz CT molecular complexity index is 1180. The normalized spacial score (nSPS) is 10.8. The fraction of sp³-hybridized carbons (Fsp3) is 0.130. The number of carbonyl (C=O) groups is 1. The van der Waals surface area contributed by atoms with Crippen molar-refractivity contribution < 1.29 is 13.7 Å². The van der Waals surface area contributed by atoms with Gasteiger partial charge < -0.3 is 9.84 Å². The predicted molar refractivity (Wildman–Crippen MR) is 117 cm³/mol. The molecule has 1 N–H and O–H groups in total. The van der Waals surface area contributed by atoms with E-state index in [-0.39, 0.29) is 23.4 Å². The van der Waals surface area contributed by atoms with Gasteiger partial charge in [0.1, 0.15) is 10.8 Å². The number of benzene rings is 2. The van der Waals surface area contributed by atoms with Gasteiger partial charge in [-0.2, -0.15) is 4.98 Å². The van der Waals surface area contributed by atoms with Crippen molar-refractivity contribution >= 4 is 17.7 Å². The number of aromatic nitrogens is 3. The molecule has 2 aromatic heterocycles. The highest BCUT2D eigenvalue weighted by molar-refractivity contribution is 8.00. The molecule has 6 nitrogen and oxygen atoms in total. The Hall–Kier alpha value is -3.52. The van der Waals surface area contributed by atoms with Crippen LogP contribution in [0.1, 0.15) is 11.1 Å². The van der Waals surface area contributed by atoms with Crippen LogP contribution in [-0.2, 0) is 11.3 Å². The van der Waals surface area contributed by atoms with E-state index in [4.69, 9.17) is 4.52 Å². The van der Waals surface area contributed by atoms with Crippen LogP contribution in [0.3, 0.4) is 0 Å². The molecule has 4 aromatic rings. The van der Waals surface area contributed by atoms with Crippen molar-refractivity contribution in [3.63, 3.8) is 0 Å². The lowest BCUT2D eigenvalue weighted by atomic mass is 10.1. The van der Waals surface area contributed by atoms with Crippen molar-refractivity contribution in [3.8, 4) is 22.8 Å². The lowest BCUT2D eigenvalue weighted by molar-refractivity contribution is -0.118. The molecule has 0 aliphatic heterocycles. The summed E-state index contributed by atoms with van der Waals surface area (Å²) in [6.07, 6.45) is 1.65. The number of halogens is 1. The fourth-order valence-corrected chi connectivity index (χ4v) is 3.63. The van der Waals surface area contributed by atoms with E-state index in [1.165, 1.54) is 29.5 Å². The summed E-state index contributed by atoms with van der Waals surface area (Å²) < 4.78 is 18.5. The summed E-state index contributed by atoms with van der Waals surface area (Å²) in [5, 5.41) is 7.49. The molecule has 0 atom stereocenters. The average molecular weight is 434 g/mol. The average Bonchev–Trinajstić information content (AvgIpc) is 3.28. The van der Waals surface area contributed by atoms with Gasteiger partial charge in [-0.05, 0) is 48.9 Å². The van der Waals surface area contributed by atoms with E-state index in [1.54, 1.807) is 24.4 Å². The van der Waals surface area contributed by atoms with Crippen LogP contribution >= 0.6 is 11.8 Å². The molecular weight excluding hydrogens is 415 g/mol. The number of carbonyl (C=O) groups excluding carboxylic acids is 1. The summed E-state index contributed by atoms with van der Waals surface area (Å²) in [6, 6.07) is 17.4. The summed E-state index contributed by atoms with van der Waals surface area (Å²) in [6.45, 7) is 2.49. The smallest absolute Gasteiger partial charge is 0.260 e. The summed E-state index contributed by atoms with van der Waals surface area (Å²) >= 11 is 1.29. The molecule has 0 bridgehead atoms. The molecular formula is C23H19FN4O2S. The van der Waals surface area contributed by atoms with E-state index >= 15 is 0 Å². The second-order valence-electron chi connectivity index (χ2n) is 6.84. The molecule has 31 heavy (non-hydrogen) atoms. The third-order valence-electron chi connectivity index (χ3n) is 4.48. The Morgan fingerprint density at radius 2 is 1.87 bits per heavy atom. The number of amides is 1. The topological polar surface area (TPSA) is 80.9 Å².